The second-order valence-corrected chi connectivity index (χ2v) is 8.33. The molecule has 32 heavy (non-hydrogen) atoms. The van der Waals surface area contributed by atoms with E-state index in [1.165, 1.54) is 12.5 Å². The van der Waals surface area contributed by atoms with Crippen molar-refractivity contribution in [2.45, 2.75) is 39.2 Å². The summed E-state index contributed by atoms with van der Waals surface area (Å²) in [5.74, 6) is 1.12. The zero-order valence-corrected chi connectivity index (χ0v) is 21.8. The average molecular weight is 556 g/mol. The minimum absolute atomic E-state index is 0. The van der Waals surface area contributed by atoms with Crippen molar-refractivity contribution in [1.29, 1.82) is 0 Å². The second kappa shape index (κ2) is 13.0. The van der Waals surface area contributed by atoms with Crippen LogP contribution in [0.15, 0.2) is 29.3 Å². The van der Waals surface area contributed by atoms with E-state index in [4.69, 9.17) is 0 Å². The molecule has 1 aromatic rings. The molecule has 178 valence electrons. The van der Waals surface area contributed by atoms with E-state index in [-0.39, 0.29) is 41.8 Å². The molecule has 2 heterocycles. The van der Waals surface area contributed by atoms with Gasteiger partial charge < -0.3 is 20.4 Å². The molecule has 0 bridgehead atoms. The van der Waals surface area contributed by atoms with E-state index in [1.807, 2.05) is 43.1 Å². The topological polar surface area (TPSA) is 80.3 Å². The molecule has 1 atom stereocenters. The highest BCUT2D eigenvalue weighted by Crippen LogP contribution is 2.14. The maximum Gasteiger partial charge on any atom is 0.239 e. The number of benzene rings is 1. The molecular formula is C23H37IN6O2. The van der Waals surface area contributed by atoms with E-state index in [2.05, 4.69) is 25.4 Å². The molecule has 0 saturated carbocycles. The molecule has 8 nitrogen and oxygen atoms in total. The van der Waals surface area contributed by atoms with Crippen LogP contribution in [0.5, 0.6) is 0 Å². The lowest BCUT2D eigenvalue weighted by Crippen LogP contribution is -2.57. The number of carbonyl (C=O) groups is 2. The smallest absolute Gasteiger partial charge is 0.239 e. The molecule has 2 amide bonds. The summed E-state index contributed by atoms with van der Waals surface area (Å²) in [4.78, 5) is 34.8. The van der Waals surface area contributed by atoms with E-state index in [9.17, 15) is 9.59 Å². The highest BCUT2D eigenvalue weighted by atomic mass is 127. The van der Waals surface area contributed by atoms with Gasteiger partial charge in [-0.2, -0.15) is 0 Å². The summed E-state index contributed by atoms with van der Waals surface area (Å²) in [6.07, 6.45) is 3.14. The molecule has 2 fully saturated rings. The number of guanidine groups is 1. The van der Waals surface area contributed by atoms with Gasteiger partial charge in [-0.1, -0.05) is 12.1 Å². The van der Waals surface area contributed by atoms with Crippen molar-refractivity contribution in [1.82, 2.24) is 20.0 Å². The standard InChI is InChI=1S/C23H36N6O2.HI/c1-18(22(31)28-12-4-5-13-28)27-14-16-29(17-15-27)23(24-3)25-11-10-20-6-8-21(9-7-20)26-19(2)30;/h6-9,18H,4-5,10-17H2,1-3H3,(H,24,25)(H,26,30);1H. The molecule has 0 aromatic heterocycles. The van der Waals surface area contributed by atoms with Crippen molar-refractivity contribution in [3.05, 3.63) is 29.8 Å². The molecule has 0 spiro atoms. The first kappa shape index (κ1) is 26.4. The molecule has 3 rings (SSSR count). The van der Waals surface area contributed by atoms with Crippen LogP contribution in [0.4, 0.5) is 5.69 Å². The maximum atomic E-state index is 12.7. The van der Waals surface area contributed by atoms with E-state index in [0.29, 0.717) is 0 Å². The lowest BCUT2D eigenvalue weighted by Gasteiger charge is -2.39. The number of rotatable bonds is 6. The fourth-order valence-electron chi connectivity index (χ4n) is 4.29. The number of carbonyl (C=O) groups excluding carboxylic acids is 2. The summed E-state index contributed by atoms with van der Waals surface area (Å²) in [5.41, 5.74) is 2.02. The summed E-state index contributed by atoms with van der Waals surface area (Å²) in [6.45, 7) is 9.63. The molecule has 2 saturated heterocycles. The average Bonchev–Trinajstić information content (AvgIpc) is 3.32. The molecule has 2 aliphatic rings. The van der Waals surface area contributed by atoms with Gasteiger partial charge in [0.15, 0.2) is 5.96 Å². The van der Waals surface area contributed by atoms with Gasteiger partial charge in [-0.15, -0.1) is 24.0 Å². The monoisotopic (exact) mass is 556 g/mol. The first-order valence-corrected chi connectivity index (χ1v) is 11.3. The summed E-state index contributed by atoms with van der Waals surface area (Å²) >= 11 is 0. The minimum Gasteiger partial charge on any atom is -0.356 e. The molecule has 9 heteroatoms. The number of aliphatic imine (C=N–C) groups is 1. The van der Waals surface area contributed by atoms with Crippen molar-refractivity contribution in [2.24, 2.45) is 4.99 Å². The lowest BCUT2D eigenvalue weighted by atomic mass is 10.1. The van der Waals surface area contributed by atoms with Crippen LogP contribution in [-0.2, 0) is 16.0 Å². The lowest BCUT2D eigenvalue weighted by molar-refractivity contribution is -0.135. The van der Waals surface area contributed by atoms with E-state index < -0.39 is 0 Å². The quantitative estimate of drug-likeness (QED) is 0.319. The highest BCUT2D eigenvalue weighted by Gasteiger charge is 2.30. The van der Waals surface area contributed by atoms with Crippen LogP contribution in [0.3, 0.4) is 0 Å². The molecule has 0 aliphatic carbocycles. The number of anilines is 1. The van der Waals surface area contributed by atoms with E-state index in [1.54, 1.807) is 0 Å². The first-order valence-electron chi connectivity index (χ1n) is 11.3. The number of hydrogen-bond donors (Lipinski definition) is 2. The Morgan fingerprint density at radius 3 is 2.19 bits per heavy atom. The fraction of sp³-hybridized carbons (Fsp3) is 0.609. The number of hydrogen-bond acceptors (Lipinski definition) is 4. The van der Waals surface area contributed by atoms with Gasteiger partial charge in [0.25, 0.3) is 0 Å². The number of nitrogens with zero attached hydrogens (tertiary/aromatic N) is 4. The number of piperazine rings is 1. The third-order valence-corrected chi connectivity index (χ3v) is 6.12. The third-order valence-electron chi connectivity index (χ3n) is 6.12. The van der Waals surface area contributed by atoms with Gasteiger partial charge in [0.1, 0.15) is 0 Å². The Bertz CT molecular complexity index is 771. The number of nitrogens with one attached hydrogen (secondary N) is 2. The van der Waals surface area contributed by atoms with Gasteiger partial charge >= 0.3 is 0 Å². The zero-order valence-electron chi connectivity index (χ0n) is 19.5. The number of amides is 2. The molecule has 2 N–H and O–H groups in total. The summed E-state index contributed by atoms with van der Waals surface area (Å²) in [6, 6.07) is 7.88. The van der Waals surface area contributed by atoms with Gasteiger partial charge in [0.2, 0.25) is 11.8 Å². The normalized spacial score (nSPS) is 18.2. The Balaban J connectivity index is 0.00000363. The maximum absolute atomic E-state index is 12.7. The summed E-state index contributed by atoms with van der Waals surface area (Å²) in [5, 5.41) is 6.24. The van der Waals surface area contributed by atoms with E-state index >= 15 is 0 Å². The van der Waals surface area contributed by atoms with Gasteiger partial charge in [-0.05, 0) is 43.9 Å². The Labute approximate surface area is 208 Å². The van der Waals surface area contributed by atoms with Crippen molar-refractivity contribution in [3.63, 3.8) is 0 Å². The Hall–Kier alpha value is -1.88. The Kier molecular flexibility index (Phi) is 10.7. The van der Waals surface area contributed by atoms with Crippen molar-refractivity contribution in [3.8, 4) is 0 Å². The van der Waals surface area contributed by atoms with Gasteiger partial charge in [-0.3, -0.25) is 19.5 Å². The largest absolute Gasteiger partial charge is 0.356 e. The van der Waals surface area contributed by atoms with Crippen LogP contribution in [-0.4, -0.2) is 91.4 Å². The SMILES string of the molecule is CN=C(NCCc1ccc(NC(C)=O)cc1)N1CCN(C(C)C(=O)N2CCCC2)CC1.I. The highest BCUT2D eigenvalue weighted by molar-refractivity contribution is 14.0. The zero-order chi connectivity index (χ0) is 22.2. The summed E-state index contributed by atoms with van der Waals surface area (Å²) in [7, 11) is 1.82. The van der Waals surface area contributed by atoms with Crippen LogP contribution in [0.25, 0.3) is 0 Å². The second-order valence-electron chi connectivity index (χ2n) is 8.33. The number of likely N-dealkylation sites (tertiary alicyclic amines) is 1. The van der Waals surface area contributed by atoms with Gasteiger partial charge in [-0.25, -0.2) is 0 Å². The third kappa shape index (κ3) is 7.33. The summed E-state index contributed by atoms with van der Waals surface area (Å²) < 4.78 is 0. The first-order chi connectivity index (χ1) is 15.0. The van der Waals surface area contributed by atoms with Crippen molar-refractivity contribution >= 4 is 47.4 Å². The molecular weight excluding hydrogens is 519 g/mol. The van der Waals surface area contributed by atoms with Crippen molar-refractivity contribution in [2.75, 3.05) is 58.2 Å². The predicted molar refractivity (Wildman–Crippen MR) is 140 cm³/mol. The van der Waals surface area contributed by atoms with Gasteiger partial charge in [0, 0.05) is 65.5 Å². The molecule has 1 aromatic carbocycles. The Morgan fingerprint density at radius 2 is 1.62 bits per heavy atom. The number of halogens is 1. The van der Waals surface area contributed by atoms with Crippen LogP contribution in [0, 0.1) is 0 Å². The molecule has 2 aliphatic heterocycles. The molecule has 1 unspecified atom stereocenters. The van der Waals surface area contributed by atoms with Crippen LogP contribution in [0.1, 0.15) is 32.3 Å². The van der Waals surface area contributed by atoms with Gasteiger partial charge in [0.05, 0.1) is 6.04 Å². The van der Waals surface area contributed by atoms with Crippen LogP contribution in [0.2, 0.25) is 0 Å². The van der Waals surface area contributed by atoms with E-state index in [0.717, 1.165) is 76.7 Å². The molecule has 0 radical (unpaired) electrons. The minimum atomic E-state index is -0.0619. The predicted octanol–water partition coefficient (Wildman–Crippen LogP) is 2.01. The van der Waals surface area contributed by atoms with Crippen LogP contribution >= 0.6 is 24.0 Å². The fourth-order valence-corrected chi connectivity index (χ4v) is 4.29. The van der Waals surface area contributed by atoms with Crippen molar-refractivity contribution < 1.29 is 9.59 Å². The van der Waals surface area contributed by atoms with Crippen LogP contribution < -0.4 is 10.6 Å². The Morgan fingerprint density at radius 1 is 1.00 bits per heavy atom.